The zero-order chi connectivity index (χ0) is 20.7. The fourth-order valence-corrected chi connectivity index (χ4v) is 5.60. The van der Waals surface area contributed by atoms with E-state index < -0.39 is 0 Å². The molecule has 0 saturated heterocycles. The zero-order valence-electron chi connectivity index (χ0n) is 17.1. The van der Waals surface area contributed by atoms with Crippen molar-refractivity contribution in [1.29, 1.82) is 0 Å². The van der Waals surface area contributed by atoms with Crippen molar-refractivity contribution in [1.82, 2.24) is 19.7 Å². The molecule has 154 valence electrons. The van der Waals surface area contributed by atoms with Gasteiger partial charge in [-0.15, -0.1) is 5.10 Å². The molecule has 5 rings (SSSR count). The van der Waals surface area contributed by atoms with Crippen LogP contribution in [-0.4, -0.2) is 44.5 Å². The molecule has 0 aliphatic carbocycles. The van der Waals surface area contributed by atoms with Gasteiger partial charge in [0.15, 0.2) is 11.0 Å². The van der Waals surface area contributed by atoms with E-state index in [2.05, 4.69) is 51.4 Å². The van der Waals surface area contributed by atoms with Gasteiger partial charge in [-0.1, -0.05) is 55.1 Å². The Labute approximate surface area is 180 Å². The van der Waals surface area contributed by atoms with Crippen LogP contribution in [0, 0.1) is 0 Å². The van der Waals surface area contributed by atoms with E-state index in [-0.39, 0.29) is 17.2 Å². The highest BCUT2D eigenvalue weighted by atomic mass is 32.2. The standard InChI is InChI=1S/C23H24N4O2S/c1-3-19-24-23-27(25-19)22(28)21(30-23)20(16-8-10-18(29-2)11-9-16)26-13-12-15-6-4-5-7-17(15)14-26/h4-11,20-21H,3,12-14H2,1-2H3. The van der Waals surface area contributed by atoms with Crippen molar-refractivity contribution in [2.24, 2.45) is 0 Å². The summed E-state index contributed by atoms with van der Waals surface area (Å²) in [5, 5.41) is 4.85. The molecule has 0 fully saturated rings. The number of ether oxygens (including phenoxy) is 1. The van der Waals surface area contributed by atoms with Gasteiger partial charge in [0, 0.05) is 19.5 Å². The Morgan fingerprint density at radius 3 is 2.63 bits per heavy atom. The second kappa shape index (κ2) is 7.89. The first-order chi connectivity index (χ1) is 14.7. The minimum atomic E-state index is -0.274. The quantitative estimate of drug-likeness (QED) is 0.626. The van der Waals surface area contributed by atoms with Gasteiger partial charge in [0.05, 0.1) is 13.2 Å². The van der Waals surface area contributed by atoms with Crippen molar-refractivity contribution >= 4 is 17.7 Å². The van der Waals surface area contributed by atoms with E-state index >= 15 is 0 Å². The maximum absolute atomic E-state index is 13.3. The predicted molar refractivity (Wildman–Crippen MR) is 116 cm³/mol. The Morgan fingerprint density at radius 2 is 1.93 bits per heavy atom. The summed E-state index contributed by atoms with van der Waals surface area (Å²) in [6.07, 6.45) is 1.71. The van der Waals surface area contributed by atoms with Gasteiger partial charge in [0.25, 0.3) is 5.91 Å². The van der Waals surface area contributed by atoms with E-state index in [4.69, 9.17) is 4.74 Å². The molecule has 0 radical (unpaired) electrons. The van der Waals surface area contributed by atoms with Crippen LogP contribution >= 0.6 is 11.8 Å². The number of fused-ring (bicyclic) bond motifs is 2. The molecule has 30 heavy (non-hydrogen) atoms. The van der Waals surface area contributed by atoms with Crippen LogP contribution in [0.2, 0.25) is 0 Å². The Kier molecular flexibility index (Phi) is 5.08. The number of benzene rings is 2. The molecule has 2 atom stereocenters. The van der Waals surface area contributed by atoms with Crippen LogP contribution in [0.5, 0.6) is 5.75 Å². The summed E-state index contributed by atoms with van der Waals surface area (Å²) in [5.41, 5.74) is 3.85. The third kappa shape index (κ3) is 3.32. The highest BCUT2D eigenvalue weighted by Gasteiger charge is 2.43. The molecule has 0 saturated carbocycles. The van der Waals surface area contributed by atoms with Gasteiger partial charge in [-0.05, 0) is 35.2 Å². The normalized spacial score (nSPS) is 19.4. The molecule has 0 amide bonds. The molecule has 6 nitrogen and oxygen atoms in total. The fourth-order valence-electron chi connectivity index (χ4n) is 4.33. The lowest BCUT2D eigenvalue weighted by Crippen LogP contribution is -2.41. The lowest BCUT2D eigenvalue weighted by Gasteiger charge is -2.37. The summed E-state index contributed by atoms with van der Waals surface area (Å²) in [5.74, 6) is 1.55. The topological polar surface area (TPSA) is 60.3 Å². The van der Waals surface area contributed by atoms with Crippen LogP contribution in [0.15, 0.2) is 53.7 Å². The van der Waals surface area contributed by atoms with Gasteiger partial charge in [-0.25, -0.2) is 4.98 Å². The molecule has 2 aromatic carbocycles. The number of thioether (sulfide) groups is 1. The van der Waals surface area contributed by atoms with Crippen LogP contribution < -0.4 is 4.74 Å². The Hall–Kier alpha value is -2.64. The van der Waals surface area contributed by atoms with Crippen molar-refractivity contribution in [3.63, 3.8) is 0 Å². The summed E-state index contributed by atoms with van der Waals surface area (Å²) >= 11 is 1.54. The zero-order valence-corrected chi connectivity index (χ0v) is 17.9. The summed E-state index contributed by atoms with van der Waals surface area (Å²) in [6.45, 7) is 3.74. The number of methoxy groups -OCH3 is 1. The van der Waals surface area contributed by atoms with Gasteiger partial charge in [-0.3, -0.25) is 9.69 Å². The average Bonchev–Trinajstić information content (AvgIpc) is 3.33. The van der Waals surface area contributed by atoms with E-state index in [0.717, 1.165) is 43.1 Å². The van der Waals surface area contributed by atoms with E-state index in [1.54, 1.807) is 7.11 Å². The first-order valence-corrected chi connectivity index (χ1v) is 11.2. The molecule has 0 N–H and O–H groups in total. The van der Waals surface area contributed by atoms with Gasteiger partial charge in [0.2, 0.25) is 0 Å². The SMILES string of the molecule is CCc1nc2n(n1)C(=O)C(C(c1ccc(OC)cc1)N1CCc3ccccc3C1)S2. The molecular formula is C23H24N4O2S. The number of aromatic nitrogens is 3. The van der Waals surface area contributed by atoms with Crippen molar-refractivity contribution in [3.8, 4) is 5.75 Å². The molecule has 3 heterocycles. The third-order valence-corrected chi connectivity index (χ3v) is 7.11. The minimum Gasteiger partial charge on any atom is -0.497 e. The highest BCUT2D eigenvalue weighted by Crippen LogP contribution is 2.42. The number of aryl methyl sites for hydroxylation is 1. The molecular weight excluding hydrogens is 396 g/mol. The molecule has 2 aliphatic heterocycles. The maximum atomic E-state index is 13.3. The Bertz CT molecular complexity index is 1080. The Morgan fingerprint density at radius 1 is 1.17 bits per heavy atom. The minimum absolute atomic E-state index is 0.0156. The summed E-state index contributed by atoms with van der Waals surface area (Å²) in [6, 6.07) is 16.6. The fraction of sp³-hybridized carbons (Fsp3) is 0.348. The second-order valence-corrected chi connectivity index (χ2v) is 8.77. The number of hydrogen-bond acceptors (Lipinski definition) is 6. The molecule has 0 bridgehead atoms. The number of hydrogen-bond donors (Lipinski definition) is 0. The molecule has 2 unspecified atom stereocenters. The lowest BCUT2D eigenvalue weighted by atomic mass is 9.94. The van der Waals surface area contributed by atoms with Gasteiger partial charge in [-0.2, -0.15) is 4.68 Å². The summed E-state index contributed by atoms with van der Waals surface area (Å²) in [7, 11) is 1.67. The summed E-state index contributed by atoms with van der Waals surface area (Å²) < 4.78 is 6.84. The molecule has 2 aliphatic rings. The molecule has 0 spiro atoms. The first-order valence-electron chi connectivity index (χ1n) is 10.3. The second-order valence-electron chi connectivity index (χ2n) is 7.66. The monoisotopic (exact) mass is 420 g/mol. The largest absolute Gasteiger partial charge is 0.497 e. The van der Waals surface area contributed by atoms with Crippen molar-refractivity contribution < 1.29 is 9.53 Å². The lowest BCUT2D eigenvalue weighted by molar-refractivity contribution is 0.0824. The number of rotatable bonds is 5. The van der Waals surface area contributed by atoms with Crippen LogP contribution in [0.3, 0.4) is 0 Å². The smallest absolute Gasteiger partial charge is 0.264 e. The Balaban J connectivity index is 1.50. The molecule has 1 aromatic heterocycles. The van der Waals surface area contributed by atoms with E-state index in [0.29, 0.717) is 5.16 Å². The van der Waals surface area contributed by atoms with Gasteiger partial charge in [0.1, 0.15) is 11.0 Å². The van der Waals surface area contributed by atoms with E-state index in [9.17, 15) is 4.79 Å². The van der Waals surface area contributed by atoms with Crippen LogP contribution in [-0.2, 0) is 19.4 Å². The van der Waals surface area contributed by atoms with Crippen molar-refractivity contribution in [3.05, 3.63) is 71.0 Å². The highest BCUT2D eigenvalue weighted by molar-refractivity contribution is 8.00. The average molecular weight is 421 g/mol. The van der Waals surface area contributed by atoms with E-state index in [1.807, 2.05) is 19.1 Å². The number of nitrogens with zero attached hydrogens (tertiary/aromatic N) is 4. The van der Waals surface area contributed by atoms with Gasteiger partial charge < -0.3 is 4.74 Å². The maximum Gasteiger partial charge on any atom is 0.264 e. The predicted octanol–water partition coefficient (Wildman–Crippen LogP) is 3.76. The van der Waals surface area contributed by atoms with E-state index in [1.165, 1.54) is 27.6 Å². The summed E-state index contributed by atoms with van der Waals surface area (Å²) in [4.78, 5) is 20.3. The van der Waals surface area contributed by atoms with Crippen molar-refractivity contribution in [2.45, 2.75) is 42.8 Å². The van der Waals surface area contributed by atoms with Crippen molar-refractivity contribution in [2.75, 3.05) is 13.7 Å². The van der Waals surface area contributed by atoms with Gasteiger partial charge >= 0.3 is 0 Å². The third-order valence-electron chi connectivity index (χ3n) is 5.92. The van der Waals surface area contributed by atoms with Crippen LogP contribution in [0.25, 0.3) is 0 Å². The molecule has 7 heteroatoms. The number of carbonyl (C=O) groups is 1. The number of carbonyl (C=O) groups excluding carboxylic acids is 1. The van der Waals surface area contributed by atoms with Crippen LogP contribution in [0.4, 0.5) is 0 Å². The molecule has 3 aromatic rings. The van der Waals surface area contributed by atoms with Crippen LogP contribution in [0.1, 0.15) is 40.3 Å². The first kappa shape index (κ1) is 19.3.